The summed E-state index contributed by atoms with van der Waals surface area (Å²) < 4.78 is 11.1. The molecule has 10 nitrogen and oxygen atoms in total. The molecule has 1 amide bonds. The Balaban J connectivity index is 2.28. The number of hydrogen-bond donors (Lipinski definition) is 7. The lowest BCUT2D eigenvalue weighted by Gasteiger charge is -2.40. The van der Waals surface area contributed by atoms with Gasteiger partial charge in [-0.3, -0.25) is 4.79 Å². The Morgan fingerprint density at radius 2 is 0.908 bits per heavy atom. The smallest absolute Gasteiger partial charge is 0.249 e. The van der Waals surface area contributed by atoms with Crippen LogP contribution in [0.3, 0.4) is 0 Å². The molecule has 8 unspecified atom stereocenters. The van der Waals surface area contributed by atoms with Crippen molar-refractivity contribution in [3.63, 3.8) is 0 Å². The molecule has 1 heterocycles. The van der Waals surface area contributed by atoms with Gasteiger partial charge in [0.2, 0.25) is 5.91 Å². The highest BCUT2D eigenvalue weighted by atomic mass is 16.7. The molecule has 8 atom stereocenters. The van der Waals surface area contributed by atoms with Gasteiger partial charge in [0.1, 0.15) is 30.5 Å². The van der Waals surface area contributed by atoms with Crippen LogP contribution < -0.4 is 5.32 Å². The van der Waals surface area contributed by atoms with Crippen LogP contribution in [-0.4, -0.2) is 98.7 Å². The standard InChI is InChI=1S/C55H101NO9/c1-3-5-7-9-11-13-15-17-19-20-21-22-23-24-25-26-27-28-29-30-32-34-36-38-40-42-44-49(59)54(63)56-47(46-64-55-53(62)52(61)51(60)50(45-57)65-55)48(58)43-41-39-37-35-33-31-18-16-14-12-10-8-6-4-2/h14,16,24-25,33,35,41,43,47-53,55,57-62H,3-13,15,17-23,26-32,34,36-40,42,44-46H2,1-2H3,(H,56,63)/b16-14+,25-24-,35-33+,43-41+. The summed E-state index contributed by atoms with van der Waals surface area (Å²) in [5.41, 5.74) is 0. The molecule has 0 bridgehead atoms. The lowest BCUT2D eigenvalue weighted by atomic mass is 9.99. The molecule has 1 aliphatic heterocycles. The third-order valence-electron chi connectivity index (χ3n) is 12.7. The van der Waals surface area contributed by atoms with Crippen molar-refractivity contribution in [3.8, 4) is 0 Å². The van der Waals surface area contributed by atoms with E-state index in [2.05, 4.69) is 55.6 Å². The number of unbranched alkanes of at least 4 members (excludes halogenated alkanes) is 28. The van der Waals surface area contributed by atoms with Crippen LogP contribution in [0.2, 0.25) is 0 Å². The Labute approximate surface area is 397 Å². The molecule has 1 fully saturated rings. The summed E-state index contributed by atoms with van der Waals surface area (Å²) in [4.78, 5) is 13.1. The molecule has 65 heavy (non-hydrogen) atoms. The van der Waals surface area contributed by atoms with Crippen LogP contribution in [0.4, 0.5) is 0 Å². The first-order chi connectivity index (χ1) is 31.8. The Kier molecular flexibility index (Phi) is 41.9. The fourth-order valence-electron chi connectivity index (χ4n) is 8.31. The molecule has 0 aromatic heterocycles. The summed E-state index contributed by atoms with van der Waals surface area (Å²) in [6.07, 6.45) is 47.9. The van der Waals surface area contributed by atoms with Crippen LogP contribution in [-0.2, 0) is 14.3 Å². The molecule has 1 saturated heterocycles. The summed E-state index contributed by atoms with van der Waals surface area (Å²) >= 11 is 0. The highest BCUT2D eigenvalue weighted by Gasteiger charge is 2.44. The second kappa shape index (κ2) is 44.6. The van der Waals surface area contributed by atoms with Gasteiger partial charge in [-0.2, -0.15) is 0 Å². The Morgan fingerprint density at radius 1 is 0.523 bits per heavy atom. The van der Waals surface area contributed by atoms with Gasteiger partial charge in [-0.1, -0.05) is 210 Å². The van der Waals surface area contributed by atoms with Gasteiger partial charge < -0.3 is 45.4 Å². The first-order valence-corrected chi connectivity index (χ1v) is 27.0. The molecule has 10 heteroatoms. The van der Waals surface area contributed by atoms with Gasteiger partial charge in [0.05, 0.1) is 25.4 Å². The Hall–Kier alpha value is -1.89. The number of aliphatic hydroxyl groups is 6. The van der Waals surface area contributed by atoms with E-state index in [1.54, 1.807) is 6.08 Å². The third kappa shape index (κ3) is 34.1. The van der Waals surface area contributed by atoms with Gasteiger partial charge in [0.25, 0.3) is 0 Å². The number of carbonyl (C=O) groups excluding carboxylic acids is 1. The molecular formula is C55H101NO9. The van der Waals surface area contributed by atoms with Gasteiger partial charge in [-0.05, 0) is 70.6 Å². The maximum absolute atomic E-state index is 13.1. The van der Waals surface area contributed by atoms with Gasteiger partial charge in [-0.15, -0.1) is 0 Å². The first-order valence-electron chi connectivity index (χ1n) is 27.0. The van der Waals surface area contributed by atoms with E-state index in [0.29, 0.717) is 19.3 Å². The van der Waals surface area contributed by atoms with E-state index in [9.17, 15) is 35.4 Å². The van der Waals surface area contributed by atoms with E-state index >= 15 is 0 Å². The number of amides is 1. The number of allylic oxidation sites excluding steroid dienone is 7. The van der Waals surface area contributed by atoms with E-state index in [0.717, 1.165) is 44.9 Å². The van der Waals surface area contributed by atoms with Gasteiger partial charge in [0.15, 0.2) is 6.29 Å². The average molecular weight is 920 g/mol. The fraction of sp³-hybridized carbons (Fsp3) is 0.836. The van der Waals surface area contributed by atoms with Gasteiger partial charge in [-0.25, -0.2) is 0 Å². The summed E-state index contributed by atoms with van der Waals surface area (Å²) in [6, 6.07) is -1.00. The predicted molar refractivity (Wildman–Crippen MR) is 269 cm³/mol. The fourth-order valence-corrected chi connectivity index (χ4v) is 8.31. The maximum atomic E-state index is 13.1. The van der Waals surface area contributed by atoms with Crippen molar-refractivity contribution in [3.05, 3.63) is 48.6 Å². The molecule has 0 aliphatic carbocycles. The first kappa shape index (κ1) is 61.1. The number of carbonyl (C=O) groups is 1. The lowest BCUT2D eigenvalue weighted by Crippen LogP contribution is -2.60. The summed E-state index contributed by atoms with van der Waals surface area (Å²) in [5.74, 6) is -0.632. The van der Waals surface area contributed by atoms with Crippen molar-refractivity contribution in [2.75, 3.05) is 13.2 Å². The van der Waals surface area contributed by atoms with Crippen molar-refractivity contribution in [2.45, 2.75) is 281 Å². The molecule has 1 aliphatic rings. The zero-order valence-corrected chi connectivity index (χ0v) is 41.6. The molecule has 0 spiro atoms. The molecule has 0 radical (unpaired) electrons. The van der Waals surface area contributed by atoms with Crippen LogP contribution in [0, 0.1) is 0 Å². The van der Waals surface area contributed by atoms with Crippen molar-refractivity contribution < 1.29 is 44.9 Å². The number of nitrogens with one attached hydrogen (secondary N) is 1. The van der Waals surface area contributed by atoms with E-state index in [-0.39, 0.29) is 6.61 Å². The number of ether oxygens (including phenoxy) is 2. The van der Waals surface area contributed by atoms with Gasteiger partial charge >= 0.3 is 0 Å². The van der Waals surface area contributed by atoms with E-state index < -0.39 is 61.5 Å². The van der Waals surface area contributed by atoms with Crippen LogP contribution >= 0.6 is 0 Å². The van der Waals surface area contributed by atoms with Crippen molar-refractivity contribution in [2.24, 2.45) is 0 Å². The molecule has 1 rings (SSSR count). The minimum Gasteiger partial charge on any atom is -0.394 e. The minimum absolute atomic E-state index is 0.299. The highest BCUT2D eigenvalue weighted by Crippen LogP contribution is 2.23. The second-order valence-electron chi connectivity index (χ2n) is 18.8. The highest BCUT2D eigenvalue weighted by molar-refractivity contribution is 5.80. The molecule has 0 aromatic carbocycles. The molecule has 7 N–H and O–H groups in total. The van der Waals surface area contributed by atoms with Crippen molar-refractivity contribution in [1.82, 2.24) is 5.32 Å². The minimum atomic E-state index is -1.62. The normalized spacial score (nSPS) is 20.8. The second-order valence-corrected chi connectivity index (χ2v) is 18.8. The van der Waals surface area contributed by atoms with Crippen LogP contribution in [0.15, 0.2) is 48.6 Å². The Bertz CT molecular complexity index is 1180. The average Bonchev–Trinajstić information content (AvgIpc) is 3.31. The van der Waals surface area contributed by atoms with E-state index in [1.807, 2.05) is 6.08 Å². The Morgan fingerprint density at radius 3 is 1.35 bits per heavy atom. The number of rotatable bonds is 45. The monoisotopic (exact) mass is 920 g/mol. The molecule has 380 valence electrons. The number of hydrogen-bond acceptors (Lipinski definition) is 9. The van der Waals surface area contributed by atoms with Crippen LogP contribution in [0.5, 0.6) is 0 Å². The third-order valence-corrected chi connectivity index (χ3v) is 12.7. The zero-order valence-electron chi connectivity index (χ0n) is 41.6. The predicted octanol–water partition coefficient (Wildman–Crippen LogP) is 11.5. The maximum Gasteiger partial charge on any atom is 0.249 e. The molecular weight excluding hydrogens is 819 g/mol. The van der Waals surface area contributed by atoms with E-state index in [4.69, 9.17) is 9.47 Å². The number of aliphatic hydroxyl groups excluding tert-OH is 6. The zero-order chi connectivity index (χ0) is 47.4. The van der Waals surface area contributed by atoms with Crippen LogP contribution in [0.25, 0.3) is 0 Å². The molecule has 0 aromatic rings. The van der Waals surface area contributed by atoms with Gasteiger partial charge in [0, 0.05) is 0 Å². The van der Waals surface area contributed by atoms with E-state index in [1.165, 1.54) is 154 Å². The summed E-state index contributed by atoms with van der Waals surface area (Å²) in [5, 5.41) is 64.8. The quantitative estimate of drug-likeness (QED) is 0.0232. The SMILES string of the molecule is CCCCCC/C=C/CC/C=C/CC/C=C/C(O)C(COC1OC(CO)C(O)C(O)C1O)NC(=O)C(O)CCCCCCCCCCCC/C=C\CCCCCCCCCCCCCC. The molecule has 0 saturated carbocycles. The lowest BCUT2D eigenvalue weighted by molar-refractivity contribution is -0.302. The van der Waals surface area contributed by atoms with Crippen molar-refractivity contribution in [1.29, 1.82) is 0 Å². The summed E-state index contributed by atoms with van der Waals surface area (Å²) in [6.45, 7) is 3.57. The van der Waals surface area contributed by atoms with Crippen molar-refractivity contribution >= 4 is 5.91 Å². The van der Waals surface area contributed by atoms with Crippen LogP contribution in [0.1, 0.15) is 232 Å². The topological polar surface area (TPSA) is 169 Å². The largest absolute Gasteiger partial charge is 0.394 e. The summed E-state index contributed by atoms with van der Waals surface area (Å²) in [7, 11) is 0.